The lowest BCUT2D eigenvalue weighted by Crippen LogP contribution is -2.39. The molecule has 0 saturated heterocycles. The number of aromatic amines is 1. The van der Waals surface area contributed by atoms with Crippen LogP contribution in [0.25, 0.3) is 10.9 Å². The van der Waals surface area contributed by atoms with E-state index in [4.69, 9.17) is 0 Å². The molecule has 0 spiro atoms. The molecule has 1 amide bonds. The lowest BCUT2D eigenvalue weighted by atomic mass is 9.99. The number of carbonyl (C=O) groups excluding carboxylic acids is 1. The molecule has 1 aromatic heterocycles. The summed E-state index contributed by atoms with van der Waals surface area (Å²) >= 11 is 0. The number of hydrogen-bond donors (Lipinski definition) is 2. The first-order valence-corrected chi connectivity index (χ1v) is 7.08. The van der Waals surface area contributed by atoms with E-state index in [0.717, 1.165) is 12.1 Å². The Morgan fingerprint density at radius 3 is 2.85 bits per heavy atom. The minimum absolute atomic E-state index is 0.0838. The monoisotopic (exact) mass is 271 g/mol. The molecule has 0 bridgehead atoms. The predicted octanol–water partition coefficient (Wildman–Crippen LogP) is 2.28. The van der Waals surface area contributed by atoms with Gasteiger partial charge in [-0.05, 0) is 49.9 Å². The van der Waals surface area contributed by atoms with Gasteiger partial charge in [0.15, 0.2) is 0 Å². The number of likely N-dealkylation sites (N-methyl/N-ethyl adjacent to an activating group) is 1. The van der Waals surface area contributed by atoms with Crippen LogP contribution in [0.1, 0.15) is 23.6 Å². The van der Waals surface area contributed by atoms with Crippen molar-refractivity contribution < 1.29 is 4.79 Å². The second kappa shape index (κ2) is 4.54. The fourth-order valence-electron chi connectivity index (χ4n) is 3.10. The fraction of sp³-hybridized carbons (Fsp3) is 0.438. The largest absolute Gasteiger partial charge is 0.365 e. The summed E-state index contributed by atoms with van der Waals surface area (Å²) in [6.07, 6.45) is 2.94. The van der Waals surface area contributed by atoms with Gasteiger partial charge in [0, 0.05) is 30.4 Å². The Balaban J connectivity index is 2.29. The Kier molecular flexibility index (Phi) is 2.96. The lowest BCUT2D eigenvalue weighted by molar-refractivity contribution is -0.120. The van der Waals surface area contributed by atoms with Crippen molar-refractivity contribution in [1.82, 2.24) is 10.3 Å². The number of aryl methyl sites for hydroxylation is 2. The van der Waals surface area contributed by atoms with Gasteiger partial charge in [-0.15, -0.1) is 0 Å². The van der Waals surface area contributed by atoms with Crippen LogP contribution in [0.4, 0.5) is 5.69 Å². The van der Waals surface area contributed by atoms with Crippen molar-refractivity contribution in [2.75, 3.05) is 18.5 Å². The Morgan fingerprint density at radius 1 is 1.35 bits per heavy atom. The van der Waals surface area contributed by atoms with Crippen molar-refractivity contribution in [2.45, 2.75) is 33.2 Å². The molecule has 0 fully saturated rings. The number of amides is 1. The second-order valence-corrected chi connectivity index (χ2v) is 5.93. The molecule has 106 valence electrons. The fourth-order valence-corrected chi connectivity index (χ4v) is 3.10. The summed E-state index contributed by atoms with van der Waals surface area (Å²) in [7, 11) is 1.98. The van der Waals surface area contributed by atoms with Crippen LogP contribution in [0.2, 0.25) is 0 Å². The molecule has 2 aromatic rings. The molecule has 1 atom stereocenters. The van der Waals surface area contributed by atoms with Crippen molar-refractivity contribution in [3.05, 3.63) is 29.0 Å². The Labute approximate surface area is 119 Å². The van der Waals surface area contributed by atoms with Gasteiger partial charge >= 0.3 is 0 Å². The van der Waals surface area contributed by atoms with E-state index in [9.17, 15) is 4.79 Å². The Hall–Kier alpha value is -1.97. The zero-order chi connectivity index (χ0) is 14.4. The summed E-state index contributed by atoms with van der Waals surface area (Å²) in [5, 5.41) is 4.32. The molecular weight excluding hydrogens is 250 g/mol. The number of rotatable bonds is 0. The summed E-state index contributed by atoms with van der Waals surface area (Å²) in [5.74, 6) is 0.0838. The molecule has 0 saturated carbocycles. The Bertz CT molecular complexity index is 687. The molecule has 0 radical (unpaired) electrons. The van der Waals surface area contributed by atoms with Crippen LogP contribution in [0.15, 0.2) is 12.3 Å². The highest BCUT2D eigenvalue weighted by atomic mass is 16.2. The van der Waals surface area contributed by atoms with Gasteiger partial charge in [0.05, 0.1) is 12.1 Å². The minimum atomic E-state index is 0.0838. The van der Waals surface area contributed by atoms with Gasteiger partial charge in [-0.2, -0.15) is 0 Å². The van der Waals surface area contributed by atoms with Crippen molar-refractivity contribution in [3.63, 3.8) is 0 Å². The van der Waals surface area contributed by atoms with E-state index in [1.54, 1.807) is 0 Å². The van der Waals surface area contributed by atoms with Crippen molar-refractivity contribution in [1.29, 1.82) is 0 Å². The zero-order valence-corrected chi connectivity index (χ0v) is 12.5. The van der Waals surface area contributed by atoms with Gasteiger partial charge < -0.3 is 15.2 Å². The molecule has 4 nitrogen and oxygen atoms in total. The quantitative estimate of drug-likeness (QED) is 0.772. The van der Waals surface area contributed by atoms with Gasteiger partial charge in [0.25, 0.3) is 0 Å². The number of benzene rings is 1. The molecule has 20 heavy (non-hydrogen) atoms. The Morgan fingerprint density at radius 2 is 2.10 bits per heavy atom. The average Bonchev–Trinajstić information content (AvgIpc) is 2.77. The number of H-pyrrole nitrogens is 1. The maximum atomic E-state index is 12.0. The molecule has 0 aliphatic carbocycles. The summed E-state index contributed by atoms with van der Waals surface area (Å²) in [6.45, 7) is 6.72. The molecule has 3 rings (SSSR count). The zero-order valence-electron chi connectivity index (χ0n) is 12.5. The molecule has 4 heteroatoms. The first-order chi connectivity index (χ1) is 9.47. The first-order valence-electron chi connectivity index (χ1n) is 7.08. The predicted molar refractivity (Wildman–Crippen MR) is 82.4 cm³/mol. The third-order valence-corrected chi connectivity index (χ3v) is 4.26. The molecular formula is C16H21N3O. The maximum Gasteiger partial charge on any atom is 0.239 e. The normalized spacial score (nSPS) is 19.5. The molecule has 1 aromatic carbocycles. The molecule has 1 aliphatic heterocycles. The van der Waals surface area contributed by atoms with Crippen LogP contribution in [0.3, 0.4) is 0 Å². The standard InChI is InChI=1S/C16H21N3O/c1-9-5-13-15-12(7-17-16(15)11(9)3)6-10(2)18-14(20)8-19(13)4/h5,7,10,17H,6,8H2,1-4H3,(H,18,20). The van der Waals surface area contributed by atoms with Gasteiger partial charge in [0.2, 0.25) is 5.91 Å². The van der Waals surface area contributed by atoms with Crippen LogP contribution in [-0.2, 0) is 11.2 Å². The van der Waals surface area contributed by atoms with E-state index in [1.165, 1.54) is 27.6 Å². The van der Waals surface area contributed by atoms with Crippen molar-refractivity contribution >= 4 is 22.5 Å². The third kappa shape index (κ3) is 1.96. The highest BCUT2D eigenvalue weighted by molar-refractivity contribution is 5.99. The van der Waals surface area contributed by atoms with E-state index < -0.39 is 0 Å². The van der Waals surface area contributed by atoms with E-state index in [2.05, 4.69) is 43.3 Å². The molecule has 2 N–H and O–H groups in total. The highest BCUT2D eigenvalue weighted by Crippen LogP contribution is 2.34. The second-order valence-electron chi connectivity index (χ2n) is 5.93. The number of nitrogens with one attached hydrogen (secondary N) is 2. The van der Waals surface area contributed by atoms with E-state index >= 15 is 0 Å². The maximum absolute atomic E-state index is 12.0. The minimum Gasteiger partial charge on any atom is -0.365 e. The summed E-state index contributed by atoms with van der Waals surface area (Å²) < 4.78 is 0. The van der Waals surface area contributed by atoms with Crippen LogP contribution < -0.4 is 10.2 Å². The summed E-state index contributed by atoms with van der Waals surface area (Å²) in [6, 6.07) is 2.35. The smallest absolute Gasteiger partial charge is 0.239 e. The summed E-state index contributed by atoms with van der Waals surface area (Å²) in [5.41, 5.74) is 6.15. The third-order valence-electron chi connectivity index (χ3n) is 4.26. The number of anilines is 1. The molecule has 1 aliphatic rings. The van der Waals surface area contributed by atoms with E-state index in [1.807, 2.05) is 11.9 Å². The van der Waals surface area contributed by atoms with E-state index in [-0.39, 0.29) is 11.9 Å². The lowest BCUT2D eigenvalue weighted by Gasteiger charge is -2.21. The average molecular weight is 271 g/mol. The van der Waals surface area contributed by atoms with Gasteiger partial charge in [0.1, 0.15) is 0 Å². The topological polar surface area (TPSA) is 48.1 Å². The number of carbonyl (C=O) groups is 1. The molecule has 1 unspecified atom stereocenters. The first kappa shape index (κ1) is 13.0. The van der Waals surface area contributed by atoms with Crippen molar-refractivity contribution in [3.8, 4) is 0 Å². The number of aromatic nitrogens is 1. The van der Waals surface area contributed by atoms with Crippen molar-refractivity contribution in [2.24, 2.45) is 0 Å². The highest BCUT2D eigenvalue weighted by Gasteiger charge is 2.21. The van der Waals surface area contributed by atoms with Gasteiger partial charge in [-0.25, -0.2) is 0 Å². The van der Waals surface area contributed by atoms with Crippen LogP contribution in [0.5, 0.6) is 0 Å². The number of hydrogen-bond acceptors (Lipinski definition) is 2. The van der Waals surface area contributed by atoms with Gasteiger partial charge in [-0.3, -0.25) is 4.79 Å². The van der Waals surface area contributed by atoms with Crippen LogP contribution in [0, 0.1) is 13.8 Å². The molecule has 2 heterocycles. The van der Waals surface area contributed by atoms with Gasteiger partial charge in [-0.1, -0.05) is 0 Å². The van der Waals surface area contributed by atoms with Crippen LogP contribution in [-0.4, -0.2) is 30.5 Å². The number of nitrogens with zero attached hydrogens (tertiary/aromatic N) is 1. The van der Waals surface area contributed by atoms with Crippen LogP contribution >= 0.6 is 0 Å². The summed E-state index contributed by atoms with van der Waals surface area (Å²) in [4.78, 5) is 17.5. The SMILES string of the molecule is Cc1cc2c3c(c[nH]c3c1C)CC(C)NC(=O)CN2C. The van der Waals surface area contributed by atoms with E-state index in [0.29, 0.717) is 6.54 Å².